The van der Waals surface area contributed by atoms with Crippen molar-refractivity contribution in [3.05, 3.63) is 36.0 Å². The van der Waals surface area contributed by atoms with E-state index >= 15 is 0 Å². The van der Waals surface area contributed by atoms with Crippen molar-refractivity contribution in [1.29, 1.82) is 0 Å². The normalized spacial score (nSPS) is 12.4. The van der Waals surface area contributed by atoms with Crippen LogP contribution in [0.3, 0.4) is 0 Å². The first-order valence-corrected chi connectivity index (χ1v) is 7.45. The molecule has 1 atom stereocenters. The Morgan fingerprint density at radius 2 is 2.00 bits per heavy atom. The van der Waals surface area contributed by atoms with Crippen LogP contribution in [0.1, 0.15) is 37.7 Å². The Labute approximate surface area is 126 Å². The third-order valence-electron chi connectivity index (χ3n) is 3.78. The van der Waals surface area contributed by atoms with Gasteiger partial charge in [-0.05, 0) is 24.5 Å². The highest BCUT2D eigenvalue weighted by molar-refractivity contribution is 5.99. The van der Waals surface area contributed by atoms with Gasteiger partial charge >= 0.3 is 0 Å². The molecule has 21 heavy (non-hydrogen) atoms. The summed E-state index contributed by atoms with van der Waals surface area (Å²) in [6, 6.07) is 9.80. The first kappa shape index (κ1) is 15.3. The van der Waals surface area contributed by atoms with Gasteiger partial charge in [0.25, 0.3) is 5.91 Å². The van der Waals surface area contributed by atoms with Gasteiger partial charge < -0.3 is 10.6 Å². The molecule has 1 aromatic heterocycles. The molecule has 0 radical (unpaired) electrons. The number of carbonyl (C=O) groups excluding carboxylic acids is 1. The van der Waals surface area contributed by atoms with E-state index in [1.54, 1.807) is 0 Å². The molecule has 0 bridgehead atoms. The molecule has 0 aliphatic heterocycles. The fourth-order valence-corrected chi connectivity index (χ4v) is 2.48. The Balaban J connectivity index is 2.35. The second kappa shape index (κ2) is 6.57. The number of pyridine rings is 1. The summed E-state index contributed by atoms with van der Waals surface area (Å²) < 4.78 is 0. The summed E-state index contributed by atoms with van der Waals surface area (Å²) in [5.74, 6) is 0.293. The maximum atomic E-state index is 12.4. The van der Waals surface area contributed by atoms with Crippen molar-refractivity contribution in [2.45, 2.75) is 33.2 Å². The molecule has 0 aliphatic carbocycles. The van der Waals surface area contributed by atoms with Crippen LogP contribution in [0.4, 0.5) is 5.69 Å². The van der Waals surface area contributed by atoms with Gasteiger partial charge in [0.15, 0.2) is 0 Å². The van der Waals surface area contributed by atoms with Crippen LogP contribution in [-0.4, -0.2) is 24.0 Å². The summed E-state index contributed by atoms with van der Waals surface area (Å²) in [5.41, 5.74) is 2.20. The monoisotopic (exact) mass is 285 g/mol. The molecule has 1 aromatic carbocycles. The van der Waals surface area contributed by atoms with Gasteiger partial charge in [0.1, 0.15) is 5.69 Å². The van der Waals surface area contributed by atoms with E-state index in [1.165, 1.54) is 0 Å². The van der Waals surface area contributed by atoms with Crippen LogP contribution in [0.15, 0.2) is 30.3 Å². The van der Waals surface area contributed by atoms with Crippen molar-refractivity contribution in [2.75, 3.05) is 12.4 Å². The minimum atomic E-state index is -0.113. The van der Waals surface area contributed by atoms with Gasteiger partial charge in [-0.15, -0.1) is 0 Å². The number of amides is 1. The maximum absolute atomic E-state index is 12.4. The highest BCUT2D eigenvalue weighted by Crippen LogP contribution is 2.22. The lowest BCUT2D eigenvalue weighted by molar-refractivity contribution is 0.0920. The molecule has 2 aromatic rings. The zero-order valence-corrected chi connectivity index (χ0v) is 13.1. The topological polar surface area (TPSA) is 54.0 Å². The smallest absolute Gasteiger partial charge is 0.270 e. The van der Waals surface area contributed by atoms with Gasteiger partial charge in [0, 0.05) is 24.2 Å². The van der Waals surface area contributed by atoms with E-state index in [4.69, 9.17) is 0 Å². The summed E-state index contributed by atoms with van der Waals surface area (Å²) >= 11 is 0. The van der Waals surface area contributed by atoms with Crippen molar-refractivity contribution in [3.63, 3.8) is 0 Å². The molecular weight excluding hydrogens is 262 g/mol. The fraction of sp³-hybridized carbons (Fsp3) is 0.412. The maximum Gasteiger partial charge on any atom is 0.270 e. The number of aromatic nitrogens is 1. The van der Waals surface area contributed by atoms with Crippen LogP contribution in [0.25, 0.3) is 10.9 Å². The van der Waals surface area contributed by atoms with Gasteiger partial charge in [-0.2, -0.15) is 0 Å². The van der Waals surface area contributed by atoms with Crippen LogP contribution in [0, 0.1) is 5.92 Å². The van der Waals surface area contributed by atoms with Gasteiger partial charge in [-0.3, -0.25) is 4.79 Å². The number of anilines is 1. The largest absolute Gasteiger partial charge is 0.388 e. The molecule has 0 aliphatic rings. The Kier molecular flexibility index (Phi) is 4.78. The molecule has 0 saturated heterocycles. The SMILES string of the molecule is CCC(NC(=O)c1cc(NC)c2ccccc2n1)C(C)C. The van der Waals surface area contributed by atoms with Gasteiger partial charge in [0.2, 0.25) is 0 Å². The minimum absolute atomic E-state index is 0.113. The number of carbonyl (C=O) groups is 1. The van der Waals surface area contributed by atoms with Gasteiger partial charge in [0.05, 0.1) is 5.52 Å². The number of hydrogen-bond donors (Lipinski definition) is 2. The number of benzene rings is 1. The van der Waals surface area contributed by atoms with E-state index in [2.05, 4.69) is 36.4 Å². The van der Waals surface area contributed by atoms with Crippen molar-refractivity contribution in [2.24, 2.45) is 5.92 Å². The van der Waals surface area contributed by atoms with E-state index in [-0.39, 0.29) is 11.9 Å². The van der Waals surface area contributed by atoms with E-state index < -0.39 is 0 Å². The van der Waals surface area contributed by atoms with Crippen molar-refractivity contribution < 1.29 is 4.79 Å². The van der Waals surface area contributed by atoms with E-state index in [0.29, 0.717) is 11.6 Å². The third-order valence-corrected chi connectivity index (χ3v) is 3.78. The Morgan fingerprint density at radius 3 is 2.62 bits per heavy atom. The second-order valence-corrected chi connectivity index (χ2v) is 5.55. The molecule has 0 spiro atoms. The highest BCUT2D eigenvalue weighted by Gasteiger charge is 2.17. The van der Waals surface area contributed by atoms with Crippen LogP contribution in [0.5, 0.6) is 0 Å². The summed E-state index contributed by atoms with van der Waals surface area (Å²) in [6.45, 7) is 6.31. The quantitative estimate of drug-likeness (QED) is 0.884. The fourth-order valence-electron chi connectivity index (χ4n) is 2.48. The first-order chi connectivity index (χ1) is 10.1. The predicted octanol–water partition coefficient (Wildman–Crippen LogP) is 3.44. The number of fused-ring (bicyclic) bond motifs is 1. The Hall–Kier alpha value is -2.10. The molecule has 4 nitrogen and oxygen atoms in total. The molecule has 112 valence electrons. The predicted molar refractivity (Wildman–Crippen MR) is 87.7 cm³/mol. The van der Waals surface area contributed by atoms with Gasteiger partial charge in [-0.25, -0.2) is 4.98 Å². The molecule has 0 saturated carbocycles. The molecule has 4 heteroatoms. The van der Waals surface area contributed by atoms with Crippen LogP contribution >= 0.6 is 0 Å². The lowest BCUT2D eigenvalue weighted by Crippen LogP contribution is -2.38. The lowest BCUT2D eigenvalue weighted by atomic mass is 10.0. The molecule has 1 heterocycles. The first-order valence-electron chi connectivity index (χ1n) is 7.45. The van der Waals surface area contributed by atoms with E-state index in [1.807, 2.05) is 37.4 Å². The molecule has 2 rings (SSSR count). The summed E-state index contributed by atoms with van der Waals surface area (Å²) in [4.78, 5) is 16.9. The molecule has 0 fully saturated rings. The summed E-state index contributed by atoms with van der Waals surface area (Å²) in [7, 11) is 1.85. The summed E-state index contributed by atoms with van der Waals surface area (Å²) in [6.07, 6.45) is 0.913. The number of hydrogen-bond acceptors (Lipinski definition) is 3. The number of para-hydroxylation sites is 1. The lowest BCUT2D eigenvalue weighted by Gasteiger charge is -2.20. The zero-order valence-electron chi connectivity index (χ0n) is 13.1. The molecule has 1 unspecified atom stereocenters. The van der Waals surface area contributed by atoms with Gasteiger partial charge in [-0.1, -0.05) is 39.0 Å². The summed E-state index contributed by atoms with van der Waals surface area (Å²) in [5, 5.41) is 7.23. The Morgan fingerprint density at radius 1 is 1.29 bits per heavy atom. The van der Waals surface area contributed by atoms with Crippen LogP contribution in [0.2, 0.25) is 0 Å². The average Bonchev–Trinajstić information content (AvgIpc) is 2.50. The molecular formula is C17H23N3O. The minimum Gasteiger partial charge on any atom is -0.388 e. The van der Waals surface area contributed by atoms with E-state index in [0.717, 1.165) is 23.0 Å². The zero-order chi connectivity index (χ0) is 15.4. The van der Waals surface area contributed by atoms with Crippen LogP contribution in [-0.2, 0) is 0 Å². The average molecular weight is 285 g/mol. The van der Waals surface area contributed by atoms with Crippen LogP contribution < -0.4 is 10.6 Å². The molecule has 2 N–H and O–H groups in total. The Bertz CT molecular complexity index is 637. The van der Waals surface area contributed by atoms with Crippen molar-refractivity contribution in [1.82, 2.24) is 10.3 Å². The standard InChI is InChI=1S/C17H23N3O/c1-5-13(11(2)3)20-17(21)16-10-15(18-4)12-8-6-7-9-14(12)19-16/h6-11,13H,5H2,1-4H3,(H,18,19)(H,20,21). The number of nitrogens with zero attached hydrogens (tertiary/aromatic N) is 1. The highest BCUT2D eigenvalue weighted by atomic mass is 16.1. The van der Waals surface area contributed by atoms with Crippen molar-refractivity contribution >= 4 is 22.5 Å². The molecule has 1 amide bonds. The number of rotatable bonds is 5. The van der Waals surface area contributed by atoms with E-state index in [9.17, 15) is 4.79 Å². The second-order valence-electron chi connectivity index (χ2n) is 5.55. The number of nitrogens with one attached hydrogen (secondary N) is 2. The van der Waals surface area contributed by atoms with Crippen molar-refractivity contribution in [3.8, 4) is 0 Å². The third kappa shape index (κ3) is 3.32.